The zero-order valence-electron chi connectivity index (χ0n) is 21.6. The molecular formula is C28H36N4O4S. The van der Waals surface area contributed by atoms with Crippen LogP contribution in [0.4, 0.5) is 0 Å². The van der Waals surface area contributed by atoms with E-state index in [4.69, 9.17) is 15.0 Å². The Kier molecular flexibility index (Phi) is 11.1. The molecule has 1 atom stereocenters. The topological polar surface area (TPSA) is 117 Å². The summed E-state index contributed by atoms with van der Waals surface area (Å²) in [5, 5.41) is 22.1. The van der Waals surface area contributed by atoms with Crippen molar-refractivity contribution in [3.8, 4) is 17.0 Å². The number of thiazole rings is 1. The highest BCUT2D eigenvalue weighted by Crippen LogP contribution is 2.30. The number of aliphatic hydroxyl groups excluding tert-OH is 1. The number of hydroxylamine groups is 1. The lowest BCUT2D eigenvalue weighted by Gasteiger charge is -2.14. The van der Waals surface area contributed by atoms with E-state index in [0.717, 1.165) is 39.5 Å². The van der Waals surface area contributed by atoms with Crippen molar-refractivity contribution in [2.75, 3.05) is 13.2 Å². The van der Waals surface area contributed by atoms with Crippen molar-refractivity contribution in [3.63, 3.8) is 0 Å². The fourth-order valence-electron chi connectivity index (χ4n) is 3.56. The highest BCUT2D eigenvalue weighted by Gasteiger charge is 2.13. The number of amidine groups is 1. The van der Waals surface area contributed by atoms with Gasteiger partial charge in [0.2, 0.25) is 5.91 Å². The third-order valence-electron chi connectivity index (χ3n) is 5.56. The van der Waals surface area contributed by atoms with Crippen LogP contribution >= 0.6 is 11.3 Å². The van der Waals surface area contributed by atoms with Crippen LogP contribution in [0.2, 0.25) is 0 Å². The molecular weight excluding hydrogens is 488 g/mol. The highest BCUT2D eigenvalue weighted by atomic mass is 32.1. The number of aliphatic hydroxyl groups is 1. The number of nitrogens with zero attached hydrogens (tertiary/aromatic N) is 1. The van der Waals surface area contributed by atoms with Crippen molar-refractivity contribution < 1.29 is 19.5 Å². The zero-order valence-corrected chi connectivity index (χ0v) is 22.4. The maximum Gasteiger partial charge on any atom is 0.222 e. The molecule has 0 spiro atoms. The second-order valence-electron chi connectivity index (χ2n) is 8.98. The van der Waals surface area contributed by atoms with E-state index in [1.807, 2.05) is 75.4 Å². The first-order chi connectivity index (χ1) is 17.8. The number of carbonyl (C=O) groups excluding carboxylic acids is 1. The molecule has 3 aromatic rings. The van der Waals surface area contributed by atoms with Crippen LogP contribution in [0.25, 0.3) is 11.3 Å². The average molecular weight is 525 g/mol. The average Bonchev–Trinajstić information content (AvgIpc) is 3.26. The number of unbranched alkanes of at least 4 members (excludes halogenated alkanes) is 1. The molecule has 0 fully saturated rings. The predicted molar refractivity (Wildman–Crippen MR) is 147 cm³/mol. The Bertz CT molecular complexity index is 1130. The molecule has 1 unspecified atom stereocenters. The monoisotopic (exact) mass is 524 g/mol. The highest BCUT2D eigenvalue weighted by molar-refractivity contribution is 7.12. The van der Waals surface area contributed by atoms with Gasteiger partial charge in [-0.2, -0.15) is 0 Å². The molecule has 0 bridgehead atoms. The van der Waals surface area contributed by atoms with Gasteiger partial charge in [-0.05, 0) is 44.0 Å². The molecule has 8 nitrogen and oxygen atoms in total. The number of aryl methyl sites for hydroxylation is 1. The minimum absolute atomic E-state index is 0.0311. The van der Waals surface area contributed by atoms with Crippen molar-refractivity contribution in [2.45, 2.75) is 52.7 Å². The Morgan fingerprint density at radius 3 is 2.54 bits per heavy atom. The molecule has 1 heterocycles. The number of nitrogens with one attached hydrogen (secondary N) is 3. The molecule has 9 heteroatoms. The summed E-state index contributed by atoms with van der Waals surface area (Å²) in [6, 6.07) is 16.9. The van der Waals surface area contributed by atoms with E-state index in [2.05, 4.69) is 15.8 Å². The second-order valence-corrected chi connectivity index (χ2v) is 10.3. The lowest BCUT2D eigenvalue weighted by Crippen LogP contribution is -2.29. The van der Waals surface area contributed by atoms with Crippen LogP contribution in [0.15, 0.2) is 54.6 Å². The lowest BCUT2D eigenvalue weighted by atomic mass is 10.1. The summed E-state index contributed by atoms with van der Waals surface area (Å²) in [5.74, 6) is 0.820. The van der Waals surface area contributed by atoms with Crippen LogP contribution in [-0.2, 0) is 16.1 Å². The molecule has 3 rings (SSSR count). The number of benzene rings is 2. The smallest absolute Gasteiger partial charge is 0.222 e. The Balaban J connectivity index is 1.39. The van der Waals surface area contributed by atoms with Gasteiger partial charge in [0.05, 0.1) is 17.3 Å². The fraction of sp³-hybridized carbons (Fsp3) is 0.393. The Morgan fingerprint density at radius 2 is 1.84 bits per heavy atom. The number of aromatic nitrogens is 1. The van der Waals surface area contributed by atoms with Gasteiger partial charge < -0.3 is 15.2 Å². The number of hydrogen-bond donors (Lipinski definition) is 4. The maximum absolute atomic E-state index is 11.8. The van der Waals surface area contributed by atoms with Crippen LogP contribution in [0.1, 0.15) is 48.6 Å². The van der Waals surface area contributed by atoms with Gasteiger partial charge in [-0.1, -0.05) is 44.2 Å². The Morgan fingerprint density at radius 1 is 1.11 bits per heavy atom. The molecule has 0 aliphatic carbocycles. The number of carbonyl (C=O) groups is 1. The first kappa shape index (κ1) is 28.3. The van der Waals surface area contributed by atoms with E-state index >= 15 is 0 Å². The van der Waals surface area contributed by atoms with Gasteiger partial charge in [-0.15, -0.1) is 11.3 Å². The van der Waals surface area contributed by atoms with Gasteiger partial charge in [0.25, 0.3) is 0 Å². The van der Waals surface area contributed by atoms with Crippen molar-refractivity contribution >= 4 is 23.1 Å². The molecule has 2 aromatic carbocycles. The summed E-state index contributed by atoms with van der Waals surface area (Å²) in [6.45, 7) is 6.74. The molecule has 198 valence electrons. The van der Waals surface area contributed by atoms with Crippen molar-refractivity contribution in [2.24, 2.45) is 5.92 Å². The predicted octanol–water partition coefficient (Wildman–Crippen LogP) is 4.85. The van der Waals surface area contributed by atoms with Gasteiger partial charge in [0.15, 0.2) is 6.29 Å². The van der Waals surface area contributed by atoms with E-state index < -0.39 is 6.29 Å². The van der Waals surface area contributed by atoms with E-state index in [1.165, 1.54) is 0 Å². The summed E-state index contributed by atoms with van der Waals surface area (Å²) in [7, 11) is 0. The number of ether oxygens (including phenoxy) is 1. The normalized spacial score (nSPS) is 11.8. The summed E-state index contributed by atoms with van der Waals surface area (Å²) in [6.07, 6.45) is 1.72. The fourth-order valence-corrected chi connectivity index (χ4v) is 4.51. The van der Waals surface area contributed by atoms with Gasteiger partial charge in [-0.3, -0.25) is 15.0 Å². The molecule has 1 aromatic heterocycles. The van der Waals surface area contributed by atoms with Gasteiger partial charge in [0, 0.05) is 41.3 Å². The summed E-state index contributed by atoms with van der Waals surface area (Å²) in [5.41, 5.74) is 5.29. The summed E-state index contributed by atoms with van der Waals surface area (Å²) in [4.78, 5) is 23.0. The zero-order chi connectivity index (χ0) is 26.6. The Labute approximate surface area is 222 Å². The van der Waals surface area contributed by atoms with Crippen LogP contribution < -0.4 is 15.5 Å². The number of hydrogen-bond acceptors (Lipinski definition) is 7. The molecule has 0 aliphatic rings. The number of rotatable bonds is 14. The van der Waals surface area contributed by atoms with Crippen LogP contribution in [0.3, 0.4) is 0 Å². The summed E-state index contributed by atoms with van der Waals surface area (Å²) < 4.78 is 5.66. The van der Waals surface area contributed by atoms with Crippen molar-refractivity contribution in [1.29, 1.82) is 5.41 Å². The van der Waals surface area contributed by atoms with E-state index in [1.54, 1.807) is 11.3 Å². The first-order valence-corrected chi connectivity index (χ1v) is 13.4. The maximum atomic E-state index is 11.8. The van der Waals surface area contributed by atoms with Gasteiger partial charge >= 0.3 is 0 Å². The molecule has 0 aliphatic heterocycles. The second kappa shape index (κ2) is 14.5. The van der Waals surface area contributed by atoms with Crippen LogP contribution in [-0.4, -0.2) is 41.3 Å². The van der Waals surface area contributed by atoms with Crippen molar-refractivity contribution in [3.05, 3.63) is 70.0 Å². The first-order valence-electron chi connectivity index (χ1n) is 12.5. The largest absolute Gasteiger partial charge is 0.465 e. The SMILES string of the molecule is Cc1nc(-c2ccc(OC(O)CCCCONC(=N)c3ccccc3)cc2)c(CCNC(=O)C(C)C)s1. The lowest BCUT2D eigenvalue weighted by molar-refractivity contribution is -0.123. The third kappa shape index (κ3) is 9.27. The minimum atomic E-state index is -0.914. The minimum Gasteiger partial charge on any atom is -0.465 e. The van der Waals surface area contributed by atoms with Crippen LogP contribution in [0, 0.1) is 18.3 Å². The standard InChI is InChI=1S/C28H36N4O4S/c1-19(2)28(34)30-17-16-24-26(31-20(3)37-24)21-12-14-23(15-13-21)36-25(33)11-7-8-18-35-32-27(29)22-9-5-4-6-10-22/h4-6,9-10,12-15,19,25,33H,7-8,11,16-18H2,1-3H3,(H2,29,32)(H,30,34). The number of amides is 1. The van der Waals surface area contributed by atoms with Crippen LogP contribution in [0.5, 0.6) is 5.75 Å². The molecule has 37 heavy (non-hydrogen) atoms. The van der Waals surface area contributed by atoms with E-state index in [9.17, 15) is 9.90 Å². The van der Waals surface area contributed by atoms with E-state index in [0.29, 0.717) is 31.7 Å². The molecule has 4 N–H and O–H groups in total. The summed E-state index contributed by atoms with van der Waals surface area (Å²) >= 11 is 1.64. The molecule has 0 saturated heterocycles. The van der Waals surface area contributed by atoms with Crippen molar-refractivity contribution in [1.82, 2.24) is 15.8 Å². The Hall–Kier alpha value is -3.27. The van der Waals surface area contributed by atoms with Gasteiger partial charge in [0.1, 0.15) is 11.6 Å². The molecule has 0 radical (unpaired) electrons. The van der Waals surface area contributed by atoms with Gasteiger partial charge in [-0.25, -0.2) is 10.5 Å². The van der Waals surface area contributed by atoms with E-state index in [-0.39, 0.29) is 17.7 Å². The third-order valence-corrected chi connectivity index (χ3v) is 6.59. The molecule has 1 amide bonds. The molecule has 0 saturated carbocycles. The quantitative estimate of drug-likeness (QED) is 0.0788.